The van der Waals surface area contributed by atoms with Gasteiger partial charge in [0.25, 0.3) is 0 Å². The van der Waals surface area contributed by atoms with Crippen LogP contribution in [-0.4, -0.2) is 23.4 Å². The van der Waals surface area contributed by atoms with Crippen LogP contribution in [0.4, 0.5) is 0 Å². The lowest BCUT2D eigenvalue weighted by Crippen LogP contribution is -2.44. The number of aliphatic hydroxyl groups is 1. The molecular formula is C16H28O2. The van der Waals surface area contributed by atoms with Crippen molar-refractivity contribution >= 4 is 0 Å². The molecule has 1 aliphatic heterocycles. The molecule has 1 saturated heterocycles. The maximum Gasteiger partial charge on any atom is 0.0903 e. The Kier molecular flexibility index (Phi) is 4.85. The van der Waals surface area contributed by atoms with Gasteiger partial charge in [0.15, 0.2) is 0 Å². The number of ether oxygens (including phenoxy) is 1. The summed E-state index contributed by atoms with van der Waals surface area (Å²) in [7, 11) is 0. The minimum absolute atomic E-state index is 0.218. The highest BCUT2D eigenvalue weighted by atomic mass is 16.5. The van der Waals surface area contributed by atoms with E-state index in [-0.39, 0.29) is 6.10 Å². The zero-order valence-corrected chi connectivity index (χ0v) is 12.0. The molecule has 0 bridgehead atoms. The number of allylic oxidation sites excluding steroid dienone is 1. The summed E-state index contributed by atoms with van der Waals surface area (Å²) in [5.41, 5.74) is 0.723. The Hall–Kier alpha value is -0.340. The molecule has 0 spiro atoms. The number of rotatable bonds is 2. The first-order valence-electron chi connectivity index (χ1n) is 7.65. The van der Waals surface area contributed by atoms with Gasteiger partial charge in [0, 0.05) is 12.8 Å². The van der Waals surface area contributed by atoms with Gasteiger partial charge in [0.2, 0.25) is 0 Å². The molecule has 1 heterocycles. The molecule has 0 radical (unpaired) electrons. The van der Waals surface area contributed by atoms with Crippen LogP contribution in [0.5, 0.6) is 0 Å². The van der Waals surface area contributed by atoms with Gasteiger partial charge < -0.3 is 9.84 Å². The van der Waals surface area contributed by atoms with E-state index in [0.717, 1.165) is 25.7 Å². The second-order valence-electron chi connectivity index (χ2n) is 6.32. The highest BCUT2D eigenvalue weighted by molar-refractivity contribution is 5.19. The first kappa shape index (κ1) is 14.1. The van der Waals surface area contributed by atoms with E-state index in [0.29, 0.717) is 12.5 Å². The highest BCUT2D eigenvalue weighted by Gasteiger charge is 2.38. The average Bonchev–Trinajstić information content (AvgIpc) is 2.27. The van der Waals surface area contributed by atoms with Gasteiger partial charge in [-0.05, 0) is 37.2 Å². The summed E-state index contributed by atoms with van der Waals surface area (Å²) in [6.45, 7) is 5.07. The van der Waals surface area contributed by atoms with Crippen molar-refractivity contribution in [2.24, 2.45) is 5.92 Å². The minimum atomic E-state index is -0.579. The van der Waals surface area contributed by atoms with Crippen molar-refractivity contribution in [3.63, 3.8) is 0 Å². The Morgan fingerprint density at radius 1 is 1.28 bits per heavy atom. The molecule has 1 aliphatic carbocycles. The molecule has 2 nitrogen and oxygen atoms in total. The van der Waals surface area contributed by atoms with Crippen LogP contribution in [0.2, 0.25) is 0 Å². The van der Waals surface area contributed by atoms with Gasteiger partial charge in [-0.1, -0.05) is 32.8 Å². The molecule has 2 unspecified atom stereocenters. The summed E-state index contributed by atoms with van der Waals surface area (Å²) < 4.78 is 5.79. The molecule has 0 saturated carbocycles. The maximum absolute atomic E-state index is 11.0. The van der Waals surface area contributed by atoms with E-state index in [2.05, 4.69) is 19.9 Å². The summed E-state index contributed by atoms with van der Waals surface area (Å²) in [5.74, 6) is 0.492. The predicted octanol–water partition coefficient (Wildman–Crippen LogP) is 3.83. The van der Waals surface area contributed by atoms with Gasteiger partial charge in [-0.2, -0.15) is 0 Å². The van der Waals surface area contributed by atoms with Crippen molar-refractivity contribution in [3.05, 3.63) is 11.6 Å². The Balaban J connectivity index is 2.08. The fraction of sp³-hybridized carbons (Fsp3) is 0.875. The molecular weight excluding hydrogens is 224 g/mol. The molecule has 1 N–H and O–H groups in total. The third-order valence-corrected chi connectivity index (χ3v) is 4.52. The molecule has 0 amide bonds. The largest absolute Gasteiger partial charge is 0.385 e. The molecule has 104 valence electrons. The summed E-state index contributed by atoms with van der Waals surface area (Å²) >= 11 is 0. The monoisotopic (exact) mass is 252 g/mol. The average molecular weight is 252 g/mol. The van der Waals surface area contributed by atoms with Gasteiger partial charge in [-0.15, -0.1) is 0 Å². The van der Waals surface area contributed by atoms with Crippen molar-refractivity contribution in [3.8, 4) is 0 Å². The minimum Gasteiger partial charge on any atom is -0.385 e. The molecule has 2 atom stereocenters. The van der Waals surface area contributed by atoms with Crippen LogP contribution in [0.1, 0.15) is 65.2 Å². The lowest BCUT2D eigenvalue weighted by atomic mass is 9.78. The highest BCUT2D eigenvalue weighted by Crippen LogP contribution is 2.37. The van der Waals surface area contributed by atoms with Crippen molar-refractivity contribution in [1.82, 2.24) is 0 Å². The first-order valence-corrected chi connectivity index (χ1v) is 7.65. The molecule has 18 heavy (non-hydrogen) atoms. The standard InChI is InChI=1S/C16H28O2/c1-13(2)15-12-16(17,10-11-18-15)14-8-6-4-3-5-7-9-14/h8,13,15,17H,3-7,9-12H2,1-2H3. The molecule has 0 aromatic heterocycles. The first-order chi connectivity index (χ1) is 8.62. The Morgan fingerprint density at radius 2 is 2.06 bits per heavy atom. The van der Waals surface area contributed by atoms with Crippen LogP contribution in [0.3, 0.4) is 0 Å². The lowest BCUT2D eigenvalue weighted by molar-refractivity contribution is -0.101. The molecule has 2 rings (SSSR count). The third kappa shape index (κ3) is 3.36. The fourth-order valence-corrected chi connectivity index (χ4v) is 3.21. The zero-order valence-electron chi connectivity index (χ0n) is 12.0. The lowest BCUT2D eigenvalue weighted by Gasteiger charge is -2.40. The zero-order chi connectivity index (χ0) is 13.0. The van der Waals surface area contributed by atoms with E-state index < -0.39 is 5.60 Å². The van der Waals surface area contributed by atoms with Crippen LogP contribution >= 0.6 is 0 Å². The quantitative estimate of drug-likeness (QED) is 0.757. The van der Waals surface area contributed by atoms with Crippen molar-refractivity contribution in [2.45, 2.75) is 76.9 Å². The van der Waals surface area contributed by atoms with Gasteiger partial charge in [-0.3, -0.25) is 0 Å². The SMILES string of the molecule is CC(C)C1CC(O)(C2=CCCCCCC2)CCO1. The van der Waals surface area contributed by atoms with Crippen molar-refractivity contribution < 1.29 is 9.84 Å². The van der Waals surface area contributed by atoms with E-state index in [1.54, 1.807) is 0 Å². The summed E-state index contributed by atoms with van der Waals surface area (Å²) in [6, 6.07) is 0. The van der Waals surface area contributed by atoms with Gasteiger partial charge in [0.05, 0.1) is 18.3 Å². The van der Waals surface area contributed by atoms with E-state index in [4.69, 9.17) is 4.74 Å². The molecule has 0 aromatic carbocycles. The van der Waals surface area contributed by atoms with Gasteiger partial charge in [0.1, 0.15) is 0 Å². The number of hydrogen-bond acceptors (Lipinski definition) is 2. The van der Waals surface area contributed by atoms with E-state index >= 15 is 0 Å². The second kappa shape index (κ2) is 6.21. The van der Waals surface area contributed by atoms with Crippen LogP contribution in [-0.2, 0) is 4.74 Å². The van der Waals surface area contributed by atoms with Crippen LogP contribution < -0.4 is 0 Å². The van der Waals surface area contributed by atoms with E-state index in [1.165, 1.54) is 31.3 Å². The second-order valence-corrected chi connectivity index (χ2v) is 6.32. The summed E-state index contributed by atoms with van der Waals surface area (Å²) in [5, 5.41) is 11.0. The normalized spacial score (nSPS) is 34.9. The van der Waals surface area contributed by atoms with Gasteiger partial charge in [-0.25, -0.2) is 0 Å². The van der Waals surface area contributed by atoms with Gasteiger partial charge >= 0.3 is 0 Å². The molecule has 2 heteroatoms. The Bertz CT molecular complexity index is 295. The molecule has 0 aromatic rings. The summed E-state index contributed by atoms with van der Waals surface area (Å²) in [4.78, 5) is 0. The maximum atomic E-state index is 11.0. The van der Waals surface area contributed by atoms with Crippen LogP contribution in [0, 0.1) is 5.92 Å². The Morgan fingerprint density at radius 3 is 2.83 bits per heavy atom. The van der Waals surface area contributed by atoms with E-state index in [1.807, 2.05) is 0 Å². The predicted molar refractivity (Wildman–Crippen MR) is 74.5 cm³/mol. The van der Waals surface area contributed by atoms with Crippen molar-refractivity contribution in [2.75, 3.05) is 6.61 Å². The van der Waals surface area contributed by atoms with Crippen LogP contribution in [0.25, 0.3) is 0 Å². The molecule has 2 aliphatic rings. The van der Waals surface area contributed by atoms with Crippen molar-refractivity contribution in [1.29, 1.82) is 0 Å². The fourth-order valence-electron chi connectivity index (χ4n) is 3.21. The summed E-state index contributed by atoms with van der Waals surface area (Å²) in [6.07, 6.45) is 11.5. The van der Waals surface area contributed by atoms with E-state index in [9.17, 15) is 5.11 Å². The smallest absolute Gasteiger partial charge is 0.0903 e. The third-order valence-electron chi connectivity index (χ3n) is 4.52. The number of hydrogen-bond donors (Lipinski definition) is 1. The molecule has 1 fully saturated rings. The van der Waals surface area contributed by atoms with Crippen LogP contribution in [0.15, 0.2) is 11.6 Å². The Labute approximate surface area is 111 Å². The topological polar surface area (TPSA) is 29.5 Å².